The summed E-state index contributed by atoms with van der Waals surface area (Å²) in [5, 5.41) is 9.20. The maximum atomic E-state index is 12.0. The lowest BCUT2D eigenvalue weighted by atomic mass is 9.82. The highest BCUT2D eigenvalue weighted by molar-refractivity contribution is 5.80. The van der Waals surface area contributed by atoms with Crippen LogP contribution in [0.5, 0.6) is 0 Å². The van der Waals surface area contributed by atoms with Crippen molar-refractivity contribution in [3.8, 4) is 0 Å². The standard InChI is InChI=1S/C13H25NO.C12H23NO.C11H21NO/c1-5-13(3,4)14-12(15)11-8-6-10(2)7-9-11;1-4-10(3)13-12(14)11-7-5-9(2)6-8-11;1-3-8-12-11(13)10-6-4-9(2)5-7-10/h10-11H,5-9H2,1-4H3,(H,14,15);9-11H,4-8H2,1-3H3,(H,13,14);9-10H,3-8H2,1-2H3,(H,12,13)/t;9?,10-,11?;/m.1./s1. The van der Waals surface area contributed by atoms with Gasteiger partial charge in [-0.1, -0.05) is 41.5 Å². The van der Waals surface area contributed by atoms with Crippen LogP contribution in [0.2, 0.25) is 0 Å². The predicted octanol–water partition coefficient (Wildman–Crippen LogP) is 8.18. The Labute approximate surface area is 260 Å². The molecule has 3 N–H and O–H groups in total. The van der Waals surface area contributed by atoms with Crippen molar-refractivity contribution in [1.82, 2.24) is 16.0 Å². The molecule has 3 aliphatic carbocycles. The van der Waals surface area contributed by atoms with Gasteiger partial charge in [0.15, 0.2) is 0 Å². The van der Waals surface area contributed by atoms with Gasteiger partial charge >= 0.3 is 0 Å². The molecule has 3 saturated carbocycles. The highest BCUT2D eigenvalue weighted by atomic mass is 16.2. The van der Waals surface area contributed by atoms with Gasteiger partial charge in [0, 0.05) is 35.9 Å². The van der Waals surface area contributed by atoms with Crippen LogP contribution in [-0.2, 0) is 14.4 Å². The van der Waals surface area contributed by atoms with Crippen LogP contribution in [0.25, 0.3) is 0 Å². The Hall–Kier alpha value is -1.59. The van der Waals surface area contributed by atoms with Crippen LogP contribution in [0, 0.1) is 35.5 Å². The molecule has 0 radical (unpaired) electrons. The molecule has 246 valence electrons. The summed E-state index contributed by atoms with van der Waals surface area (Å²) in [5.74, 6) is 4.18. The van der Waals surface area contributed by atoms with Gasteiger partial charge in [0.2, 0.25) is 17.7 Å². The van der Waals surface area contributed by atoms with Gasteiger partial charge in [0.25, 0.3) is 0 Å². The molecule has 0 unspecified atom stereocenters. The molecule has 3 aliphatic rings. The van der Waals surface area contributed by atoms with Gasteiger partial charge in [0.1, 0.15) is 0 Å². The molecule has 1 atom stereocenters. The van der Waals surface area contributed by atoms with Crippen molar-refractivity contribution >= 4 is 17.7 Å². The van der Waals surface area contributed by atoms with E-state index in [2.05, 4.69) is 78.3 Å². The van der Waals surface area contributed by atoms with E-state index < -0.39 is 0 Å². The second kappa shape index (κ2) is 20.4. The van der Waals surface area contributed by atoms with E-state index in [1.807, 2.05) is 0 Å². The molecule has 6 nitrogen and oxygen atoms in total. The first-order valence-electron chi connectivity index (χ1n) is 17.7. The SMILES string of the molecule is CCC(C)(C)NC(=O)C1CCC(C)CC1.CCCNC(=O)C1CCC(C)CC1.CC[C@@H](C)NC(=O)C1CCC(C)CC1. The highest BCUT2D eigenvalue weighted by Crippen LogP contribution is 2.30. The molecule has 42 heavy (non-hydrogen) atoms. The fraction of sp³-hybridized carbons (Fsp3) is 0.917. The average Bonchev–Trinajstić information content (AvgIpc) is 2.97. The van der Waals surface area contributed by atoms with Crippen molar-refractivity contribution in [2.24, 2.45) is 35.5 Å². The first-order valence-corrected chi connectivity index (χ1v) is 17.7. The number of amides is 3. The minimum atomic E-state index is -0.0415. The summed E-state index contributed by atoms with van der Waals surface area (Å²) < 4.78 is 0. The Bertz CT molecular complexity index is 759. The maximum Gasteiger partial charge on any atom is 0.223 e. The molecule has 0 bridgehead atoms. The van der Waals surface area contributed by atoms with Gasteiger partial charge < -0.3 is 16.0 Å². The topological polar surface area (TPSA) is 87.3 Å². The third-order valence-electron chi connectivity index (χ3n) is 10.1. The quantitative estimate of drug-likeness (QED) is 0.253. The number of rotatable bonds is 9. The van der Waals surface area contributed by atoms with Crippen LogP contribution in [0.15, 0.2) is 0 Å². The number of carbonyl (C=O) groups excluding carboxylic acids is 3. The van der Waals surface area contributed by atoms with Crippen molar-refractivity contribution < 1.29 is 14.4 Å². The number of nitrogens with one attached hydrogen (secondary N) is 3. The van der Waals surface area contributed by atoms with Crippen molar-refractivity contribution in [2.75, 3.05) is 6.54 Å². The second-order valence-corrected chi connectivity index (χ2v) is 14.7. The van der Waals surface area contributed by atoms with Gasteiger partial charge in [0.05, 0.1) is 0 Å². The van der Waals surface area contributed by atoms with E-state index in [1.165, 1.54) is 38.5 Å². The number of carbonyl (C=O) groups is 3. The molecular formula is C36H69N3O3. The zero-order valence-electron chi connectivity index (χ0n) is 29.1. The summed E-state index contributed by atoms with van der Waals surface area (Å²) in [6.07, 6.45) is 16.9. The molecular weight excluding hydrogens is 522 g/mol. The Kier molecular flexibility index (Phi) is 18.7. The second-order valence-electron chi connectivity index (χ2n) is 14.7. The van der Waals surface area contributed by atoms with E-state index in [9.17, 15) is 14.4 Å². The minimum absolute atomic E-state index is 0.0415. The minimum Gasteiger partial charge on any atom is -0.356 e. The van der Waals surface area contributed by atoms with Crippen LogP contribution < -0.4 is 16.0 Å². The lowest BCUT2D eigenvalue weighted by molar-refractivity contribution is -0.128. The van der Waals surface area contributed by atoms with Gasteiger partial charge in [-0.05, 0) is 135 Å². The van der Waals surface area contributed by atoms with Crippen LogP contribution in [-0.4, -0.2) is 35.8 Å². The van der Waals surface area contributed by atoms with Crippen LogP contribution >= 0.6 is 0 Å². The molecule has 3 amide bonds. The van der Waals surface area contributed by atoms with E-state index in [1.54, 1.807) is 0 Å². The van der Waals surface area contributed by atoms with Gasteiger partial charge in [-0.25, -0.2) is 0 Å². The summed E-state index contributed by atoms with van der Waals surface area (Å²) in [6, 6.07) is 0.335. The first-order chi connectivity index (χ1) is 19.8. The lowest BCUT2D eigenvalue weighted by Crippen LogP contribution is -2.46. The third kappa shape index (κ3) is 15.8. The smallest absolute Gasteiger partial charge is 0.223 e. The summed E-state index contributed by atoms with van der Waals surface area (Å²) in [5.41, 5.74) is -0.0415. The fourth-order valence-electron chi connectivity index (χ4n) is 5.95. The third-order valence-corrected chi connectivity index (χ3v) is 10.1. The van der Waals surface area contributed by atoms with Crippen LogP contribution in [0.4, 0.5) is 0 Å². The van der Waals surface area contributed by atoms with Gasteiger partial charge in [-0.2, -0.15) is 0 Å². The maximum absolute atomic E-state index is 12.0. The first kappa shape index (κ1) is 38.4. The molecule has 3 rings (SSSR count). The van der Waals surface area contributed by atoms with E-state index in [0.717, 1.165) is 82.1 Å². The van der Waals surface area contributed by atoms with E-state index >= 15 is 0 Å². The Morgan fingerprint density at radius 3 is 1.38 bits per heavy atom. The highest BCUT2D eigenvalue weighted by Gasteiger charge is 2.28. The normalized spacial score (nSPS) is 28.5. The van der Waals surface area contributed by atoms with Crippen molar-refractivity contribution in [1.29, 1.82) is 0 Å². The van der Waals surface area contributed by atoms with E-state index in [0.29, 0.717) is 17.9 Å². The van der Waals surface area contributed by atoms with E-state index in [-0.39, 0.29) is 29.2 Å². The number of hydrogen-bond acceptors (Lipinski definition) is 3. The van der Waals surface area contributed by atoms with Crippen molar-refractivity contribution in [3.63, 3.8) is 0 Å². The van der Waals surface area contributed by atoms with Gasteiger partial charge in [-0.15, -0.1) is 0 Å². The molecule has 0 aromatic rings. The summed E-state index contributed by atoms with van der Waals surface area (Å²) in [6.45, 7) is 20.2. The zero-order chi connectivity index (χ0) is 31.7. The van der Waals surface area contributed by atoms with Crippen molar-refractivity contribution in [3.05, 3.63) is 0 Å². The predicted molar refractivity (Wildman–Crippen MR) is 177 cm³/mol. The Morgan fingerprint density at radius 2 is 1.02 bits per heavy atom. The van der Waals surface area contributed by atoms with E-state index in [4.69, 9.17) is 0 Å². The Morgan fingerprint density at radius 1 is 0.643 bits per heavy atom. The van der Waals surface area contributed by atoms with Crippen LogP contribution in [0.1, 0.15) is 159 Å². The van der Waals surface area contributed by atoms with Crippen molar-refractivity contribution in [2.45, 2.75) is 170 Å². The summed E-state index contributed by atoms with van der Waals surface area (Å²) in [4.78, 5) is 35.3. The monoisotopic (exact) mass is 592 g/mol. The number of hydrogen-bond donors (Lipinski definition) is 3. The largest absolute Gasteiger partial charge is 0.356 e. The average molecular weight is 592 g/mol. The van der Waals surface area contributed by atoms with Gasteiger partial charge in [-0.3, -0.25) is 14.4 Å². The molecule has 0 aromatic carbocycles. The molecule has 0 heterocycles. The Balaban J connectivity index is 0.000000316. The molecule has 6 heteroatoms. The molecule has 0 spiro atoms. The lowest BCUT2D eigenvalue weighted by Gasteiger charge is -2.30. The fourth-order valence-corrected chi connectivity index (χ4v) is 5.95. The zero-order valence-corrected chi connectivity index (χ0v) is 29.1. The summed E-state index contributed by atoms with van der Waals surface area (Å²) >= 11 is 0. The molecule has 0 saturated heterocycles. The molecule has 3 fully saturated rings. The summed E-state index contributed by atoms with van der Waals surface area (Å²) in [7, 11) is 0. The van der Waals surface area contributed by atoms with Crippen LogP contribution in [0.3, 0.4) is 0 Å². The molecule has 0 aliphatic heterocycles. The molecule has 0 aromatic heterocycles.